The van der Waals surface area contributed by atoms with E-state index in [2.05, 4.69) is 15.9 Å². The summed E-state index contributed by atoms with van der Waals surface area (Å²) in [4.78, 5) is 12.1. The second kappa shape index (κ2) is 5.42. The minimum absolute atomic E-state index is 0.272. The molecule has 5 heteroatoms. The van der Waals surface area contributed by atoms with Gasteiger partial charge in [0, 0.05) is 10.9 Å². The molecule has 90 valence electrons. The van der Waals surface area contributed by atoms with Gasteiger partial charge in [-0.3, -0.25) is 4.79 Å². The van der Waals surface area contributed by atoms with Gasteiger partial charge in [0.25, 0.3) is 0 Å². The molecule has 1 aromatic heterocycles. The van der Waals surface area contributed by atoms with Crippen LogP contribution in [0.4, 0.5) is 4.39 Å². The molecule has 1 heterocycles. The highest BCUT2D eigenvalue weighted by atomic mass is 79.9. The zero-order chi connectivity index (χ0) is 13.1. The first-order valence-corrected chi connectivity index (χ1v) is 6.72. The van der Waals surface area contributed by atoms with Crippen LogP contribution < -0.4 is 0 Å². The van der Waals surface area contributed by atoms with Gasteiger partial charge in [-0.2, -0.15) is 5.26 Å². The summed E-state index contributed by atoms with van der Waals surface area (Å²) >= 11 is 4.66. The molecule has 0 radical (unpaired) electrons. The highest BCUT2D eigenvalue weighted by Crippen LogP contribution is 2.26. The molecule has 0 saturated heterocycles. The van der Waals surface area contributed by atoms with Gasteiger partial charge in [-0.05, 0) is 39.7 Å². The van der Waals surface area contributed by atoms with Crippen LogP contribution in [-0.2, 0) is 0 Å². The minimum atomic E-state index is -0.896. The number of hydrogen-bond donors (Lipinski definition) is 0. The number of nitriles is 1. The smallest absolute Gasteiger partial charge is 0.185 e. The SMILES string of the molecule is N#CC(C(=O)c1csc(Br)c1)c1ccc(F)cc1. The van der Waals surface area contributed by atoms with Crippen molar-refractivity contribution in [3.05, 3.63) is 56.4 Å². The van der Waals surface area contributed by atoms with E-state index < -0.39 is 5.92 Å². The number of carbonyl (C=O) groups is 1. The van der Waals surface area contributed by atoms with E-state index in [0.717, 1.165) is 3.79 Å². The summed E-state index contributed by atoms with van der Waals surface area (Å²) in [5, 5.41) is 10.8. The van der Waals surface area contributed by atoms with Crippen LogP contribution in [0.5, 0.6) is 0 Å². The molecule has 0 aliphatic carbocycles. The molecule has 0 amide bonds. The Balaban J connectivity index is 2.32. The van der Waals surface area contributed by atoms with Crippen molar-refractivity contribution in [2.75, 3.05) is 0 Å². The van der Waals surface area contributed by atoms with Crippen LogP contribution in [0.3, 0.4) is 0 Å². The molecule has 0 N–H and O–H groups in total. The summed E-state index contributed by atoms with van der Waals surface area (Å²) in [6.07, 6.45) is 0. The fourth-order valence-electron chi connectivity index (χ4n) is 1.55. The molecule has 0 fully saturated rings. The second-order valence-electron chi connectivity index (χ2n) is 3.62. The topological polar surface area (TPSA) is 40.9 Å². The Morgan fingerprint density at radius 3 is 2.56 bits per heavy atom. The Morgan fingerprint density at radius 1 is 1.39 bits per heavy atom. The van der Waals surface area contributed by atoms with Gasteiger partial charge < -0.3 is 0 Å². The number of hydrogen-bond acceptors (Lipinski definition) is 3. The van der Waals surface area contributed by atoms with Crippen molar-refractivity contribution >= 4 is 33.0 Å². The number of halogens is 2. The molecule has 18 heavy (non-hydrogen) atoms. The molecule has 1 unspecified atom stereocenters. The standard InChI is InChI=1S/C13H7BrFNOS/c14-12-5-9(7-18-12)13(17)11(6-16)8-1-3-10(15)4-2-8/h1-5,7,11H. The predicted octanol–water partition coefficient (Wildman–Crippen LogP) is 4.14. The van der Waals surface area contributed by atoms with Gasteiger partial charge in [-0.15, -0.1) is 11.3 Å². The van der Waals surface area contributed by atoms with Crippen molar-refractivity contribution in [2.45, 2.75) is 5.92 Å². The molecule has 0 spiro atoms. The zero-order valence-electron chi connectivity index (χ0n) is 9.06. The number of nitrogens with zero attached hydrogens (tertiary/aromatic N) is 1. The quantitative estimate of drug-likeness (QED) is 0.796. The average Bonchev–Trinajstić information content (AvgIpc) is 2.79. The van der Waals surface area contributed by atoms with Crippen molar-refractivity contribution in [2.24, 2.45) is 0 Å². The Labute approximate surface area is 116 Å². The number of ketones is 1. The Morgan fingerprint density at radius 2 is 2.06 bits per heavy atom. The van der Waals surface area contributed by atoms with Crippen LogP contribution in [-0.4, -0.2) is 5.78 Å². The monoisotopic (exact) mass is 323 g/mol. The van der Waals surface area contributed by atoms with E-state index >= 15 is 0 Å². The number of rotatable bonds is 3. The van der Waals surface area contributed by atoms with Crippen molar-refractivity contribution in [1.29, 1.82) is 5.26 Å². The summed E-state index contributed by atoms with van der Waals surface area (Å²) in [5.41, 5.74) is 0.994. The van der Waals surface area contributed by atoms with Crippen LogP contribution in [0, 0.1) is 17.1 Å². The highest BCUT2D eigenvalue weighted by molar-refractivity contribution is 9.11. The number of benzene rings is 1. The second-order valence-corrected chi connectivity index (χ2v) is 5.91. The molecule has 1 atom stereocenters. The molecule has 1 aromatic carbocycles. The lowest BCUT2D eigenvalue weighted by molar-refractivity contribution is 0.0979. The summed E-state index contributed by atoms with van der Waals surface area (Å²) in [6.45, 7) is 0. The van der Waals surface area contributed by atoms with Gasteiger partial charge in [-0.25, -0.2) is 4.39 Å². The molecule has 0 saturated carbocycles. The maximum Gasteiger partial charge on any atom is 0.185 e. The average molecular weight is 324 g/mol. The van der Waals surface area contributed by atoms with Crippen molar-refractivity contribution in [3.63, 3.8) is 0 Å². The highest BCUT2D eigenvalue weighted by Gasteiger charge is 2.22. The fourth-order valence-corrected chi connectivity index (χ4v) is 2.69. The number of thiophene rings is 1. The van der Waals surface area contributed by atoms with Gasteiger partial charge in [-0.1, -0.05) is 12.1 Å². The zero-order valence-corrected chi connectivity index (χ0v) is 11.5. The summed E-state index contributed by atoms with van der Waals surface area (Å²) < 4.78 is 13.6. The molecule has 2 aromatic rings. The summed E-state index contributed by atoms with van der Waals surface area (Å²) in [6, 6.07) is 9.06. The minimum Gasteiger partial charge on any atom is -0.292 e. The van der Waals surface area contributed by atoms with Gasteiger partial charge in [0.2, 0.25) is 0 Å². The molecule has 2 rings (SSSR count). The maximum atomic E-state index is 12.8. The van der Waals surface area contributed by atoms with Gasteiger partial charge in [0.1, 0.15) is 11.7 Å². The van der Waals surface area contributed by atoms with E-state index in [1.807, 2.05) is 6.07 Å². The molecule has 0 bridgehead atoms. The van der Waals surface area contributed by atoms with Gasteiger partial charge in [0.15, 0.2) is 5.78 Å². The van der Waals surface area contributed by atoms with Crippen molar-refractivity contribution in [3.8, 4) is 6.07 Å². The summed E-state index contributed by atoms with van der Waals surface area (Å²) in [7, 11) is 0. The lowest BCUT2D eigenvalue weighted by Crippen LogP contribution is -2.10. The van der Waals surface area contributed by atoms with Crippen molar-refractivity contribution < 1.29 is 9.18 Å². The van der Waals surface area contributed by atoms with E-state index in [4.69, 9.17) is 5.26 Å². The third kappa shape index (κ3) is 2.66. The molecular formula is C13H7BrFNOS. The normalized spacial score (nSPS) is 11.8. The Hall–Kier alpha value is -1.51. The molecule has 2 nitrogen and oxygen atoms in total. The third-order valence-electron chi connectivity index (χ3n) is 2.45. The van der Waals surface area contributed by atoms with E-state index in [1.165, 1.54) is 35.6 Å². The maximum absolute atomic E-state index is 12.8. The van der Waals surface area contributed by atoms with Gasteiger partial charge in [0.05, 0.1) is 9.86 Å². The van der Waals surface area contributed by atoms with Crippen LogP contribution >= 0.6 is 27.3 Å². The van der Waals surface area contributed by atoms with Crippen LogP contribution in [0.1, 0.15) is 21.8 Å². The molecular weight excluding hydrogens is 317 g/mol. The summed E-state index contributed by atoms with van der Waals surface area (Å²) in [5.74, 6) is -1.56. The van der Waals surface area contributed by atoms with Crippen LogP contribution in [0.15, 0.2) is 39.5 Å². The third-order valence-corrected chi connectivity index (χ3v) is 3.95. The number of carbonyl (C=O) groups excluding carboxylic acids is 1. The number of Topliss-reactive ketones (excluding diaryl/α,β-unsaturated/α-hetero) is 1. The van der Waals surface area contributed by atoms with Crippen LogP contribution in [0.2, 0.25) is 0 Å². The predicted molar refractivity (Wildman–Crippen MR) is 71.1 cm³/mol. The largest absolute Gasteiger partial charge is 0.292 e. The Bertz CT molecular complexity index is 615. The first kappa shape index (κ1) is 12.9. The lowest BCUT2D eigenvalue weighted by atomic mass is 9.93. The molecule has 0 aliphatic heterocycles. The van der Waals surface area contributed by atoms with E-state index in [1.54, 1.807) is 11.4 Å². The van der Waals surface area contributed by atoms with E-state index in [9.17, 15) is 9.18 Å². The van der Waals surface area contributed by atoms with Crippen LogP contribution in [0.25, 0.3) is 0 Å². The Kier molecular flexibility index (Phi) is 3.90. The fraction of sp³-hybridized carbons (Fsp3) is 0.0769. The van der Waals surface area contributed by atoms with E-state index in [0.29, 0.717) is 11.1 Å². The molecule has 0 aliphatic rings. The first-order chi connectivity index (χ1) is 8.61. The van der Waals surface area contributed by atoms with E-state index in [-0.39, 0.29) is 11.6 Å². The first-order valence-electron chi connectivity index (χ1n) is 5.05. The van der Waals surface area contributed by atoms with Gasteiger partial charge >= 0.3 is 0 Å². The lowest BCUT2D eigenvalue weighted by Gasteiger charge is -2.06. The van der Waals surface area contributed by atoms with Crippen molar-refractivity contribution in [1.82, 2.24) is 0 Å².